The number of benzene rings is 2. The van der Waals surface area contributed by atoms with E-state index in [1.54, 1.807) is 24.3 Å². The van der Waals surface area contributed by atoms with Gasteiger partial charge in [-0.2, -0.15) is 0 Å². The maximum absolute atomic E-state index is 6.11. The molecule has 26 heavy (non-hydrogen) atoms. The van der Waals surface area contributed by atoms with E-state index in [1.165, 1.54) is 0 Å². The molecule has 2 aliphatic heterocycles. The van der Waals surface area contributed by atoms with Crippen LogP contribution in [0.2, 0.25) is 0 Å². The highest BCUT2D eigenvalue weighted by molar-refractivity contribution is 5.45. The van der Waals surface area contributed by atoms with Gasteiger partial charge in [0.1, 0.15) is 0 Å². The molecular formula is C20H22O6. The summed E-state index contributed by atoms with van der Waals surface area (Å²) in [6.45, 7) is 7.51. The second-order valence-electron chi connectivity index (χ2n) is 6.75. The van der Waals surface area contributed by atoms with Gasteiger partial charge in [0, 0.05) is 0 Å². The summed E-state index contributed by atoms with van der Waals surface area (Å²) in [5.41, 5.74) is 0. The van der Waals surface area contributed by atoms with Crippen LogP contribution in [0.25, 0.3) is 0 Å². The second-order valence-corrected chi connectivity index (χ2v) is 6.75. The van der Waals surface area contributed by atoms with E-state index in [0.717, 1.165) is 0 Å². The number of para-hydroxylation sites is 4. The van der Waals surface area contributed by atoms with Crippen LogP contribution in [0.5, 0.6) is 23.0 Å². The predicted octanol–water partition coefficient (Wildman–Crippen LogP) is 4.09. The number of ether oxygens (including phenoxy) is 6. The number of hydrogen-bond donors (Lipinski definition) is 0. The Morgan fingerprint density at radius 2 is 0.846 bits per heavy atom. The fraction of sp³-hybridized carbons (Fsp3) is 0.400. The first kappa shape index (κ1) is 17.0. The summed E-state index contributed by atoms with van der Waals surface area (Å²) in [6, 6.07) is 14.6. The average molecular weight is 358 g/mol. The largest absolute Gasteiger partial charge is 0.487 e. The van der Waals surface area contributed by atoms with Gasteiger partial charge < -0.3 is 18.9 Å². The summed E-state index contributed by atoms with van der Waals surface area (Å²) >= 11 is 0. The standard InChI is InChI=1S/C20H22O6/c1-13(2)21-19(23-15-9-5-6-10-16(15)24-19)20(22-14(3)4)25-17-11-7-8-12-18(17)26-20/h5-14H,1-4H3. The molecule has 0 N–H and O–H groups in total. The topological polar surface area (TPSA) is 55.4 Å². The van der Waals surface area contributed by atoms with Crippen LogP contribution in [0, 0.1) is 0 Å². The fourth-order valence-electron chi connectivity index (χ4n) is 2.97. The lowest BCUT2D eigenvalue weighted by Gasteiger charge is -2.40. The molecule has 2 aliphatic rings. The van der Waals surface area contributed by atoms with Gasteiger partial charge >= 0.3 is 11.9 Å². The number of rotatable bonds is 5. The molecule has 0 fully saturated rings. The average Bonchev–Trinajstić information content (AvgIpc) is 3.12. The zero-order valence-corrected chi connectivity index (χ0v) is 15.2. The molecule has 6 heteroatoms. The molecule has 0 aromatic heterocycles. The van der Waals surface area contributed by atoms with Gasteiger partial charge in [-0.15, -0.1) is 0 Å². The third kappa shape index (κ3) is 2.66. The van der Waals surface area contributed by atoms with Crippen LogP contribution in [-0.4, -0.2) is 24.2 Å². The normalized spacial score (nSPS) is 18.5. The minimum atomic E-state index is -1.76. The number of fused-ring (bicyclic) bond motifs is 2. The molecule has 0 saturated carbocycles. The van der Waals surface area contributed by atoms with Crippen LogP contribution < -0.4 is 18.9 Å². The Morgan fingerprint density at radius 1 is 0.577 bits per heavy atom. The molecule has 0 saturated heterocycles. The van der Waals surface area contributed by atoms with E-state index in [0.29, 0.717) is 23.0 Å². The van der Waals surface area contributed by atoms with Gasteiger partial charge in [-0.05, 0) is 52.0 Å². The Hall–Kier alpha value is -2.44. The van der Waals surface area contributed by atoms with Crippen molar-refractivity contribution in [3.63, 3.8) is 0 Å². The molecule has 0 radical (unpaired) electrons. The predicted molar refractivity (Wildman–Crippen MR) is 93.3 cm³/mol. The monoisotopic (exact) mass is 358 g/mol. The third-order valence-electron chi connectivity index (χ3n) is 3.83. The minimum Gasteiger partial charge on any atom is -0.418 e. The van der Waals surface area contributed by atoms with Gasteiger partial charge in [0.25, 0.3) is 0 Å². The van der Waals surface area contributed by atoms with Crippen molar-refractivity contribution in [3.05, 3.63) is 48.5 Å². The highest BCUT2D eigenvalue weighted by Crippen LogP contribution is 2.51. The molecule has 2 aromatic rings. The molecule has 6 nitrogen and oxygen atoms in total. The Labute approximate surface area is 152 Å². The summed E-state index contributed by atoms with van der Waals surface area (Å²) in [6.07, 6.45) is -0.485. The van der Waals surface area contributed by atoms with Gasteiger partial charge in [-0.25, -0.2) is 0 Å². The second kappa shape index (κ2) is 6.07. The lowest BCUT2D eigenvalue weighted by atomic mass is 10.3. The molecular weight excluding hydrogens is 336 g/mol. The molecule has 0 aliphatic carbocycles. The molecule has 0 amide bonds. The van der Waals surface area contributed by atoms with Crippen LogP contribution in [0.15, 0.2) is 48.5 Å². The molecule has 0 bridgehead atoms. The van der Waals surface area contributed by atoms with Crippen molar-refractivity contribution >= 4 is 0 Å². The van der Waals surface area contributed by atoms with Crippen LogP contribution >= 0.6 is 0 Å². The highest BCUT2D eigenvalue weighted by Gasteiger charge is 2.72. The molecule has 2 aromatic carbocycles. The summed E-state index contributed by atoms with van der Waals surface area (Å²) in [7, 11) is 0. The zero-order chi connectivity index (χ0) is 18.4. The fourth-order valence-corrected chi connectivity index (χ4v) is 2.97. The Balaban J connectivity index is 1.80. The Morgan fingerprint density at radius 3 is 1.08 bits per heavy atom. The Bertz CT molecular complexity index is 683. The van der Waals surface area contributed by atoms with Gasteiger partial charge in [0.15, 0.2) is 23.0 Å². The van der Waals surface area contributed by atoms with Gasteiger partial charge in [0.2, 0.25) is 0 Å². The van der Waals surface area contributed by atoms with Gasteiger partial charge in [-0.3, -0.25) is 9.47 Å². The maximum atomic E-state index is 6.11. The molecule has 0 spiro atoms. The number of hydrogen-bond acceptors (Lipinski definition) is 6. The molecule has 0 unspecified atom stereocenters. The molecule has 138 valence electrons. The summed E-state index contributed by atoms with van der Waals surface area (Å²) in [5.74, 6) is -1.39. The van der Waals surface area contributed by atoms with Gasteiger partial charge in [0.05, 0.1) is 12.2 Å². The maximum Gasteiger partial charge on any atom is 0.487 e. The first-order valence-electron chi connectivity index (χ1n) is 8.73. The third-order valence-corrected chi connectivity index (χ3v) is 3.83. The van der Waals surface area contributed by atoms with E-state index in [1.807, 2.05) is 52.0 Å². The van der Waals surface area contributed by atoms with Crippen molar-refractivity contribution in [2.45, 2.75) is 51.8 Å². The van der Waals surface area contributed by atoms with E-state index in [9.17, 15) is 0 Å². The van der Waals surface area contributed by atoms with Gasteiger partial charge in [-0.1, -0.05) is 24.3 Å². The summed E-state index contributed by atoms with van der Waals surface area (Å²) in [4.78, 5) is 0. The van der Waals surface area contributed by atoms with E-state index in [-0.39, 0.29) is 12.2 Å². The smallest absolute Gasteiger partial charge is 0.418 e. The van der Waals surface area contributed by atoms with E-state index in [2.05, 4.69) is 0 Å². The molecule has 0 atom stereocenters. The summed E-state index contributed by atoms with van der Waals surface area (Å²) in [5, 5.41) is 0. The first-order valence-corrected chi connectivity index (χ1v) is 8.73. The summed E-state index contributed by atoms with van der Waals surface area (Å²) < 4.78 is 36.6. The van der Waals surface area contributed by atoms with Crippen LogP contribution in [0.3, 0.4) is 0 Å². The van der Waals surface area contributed by atoms with E-state index < -0.39 is 11.9 Å². The lowest BCUT2D eigenvalue weighted by Crippen LogP contribution is -2.69. The SMILES string of the molecule is CC(C)OC1(C2(OC(C)C)Oc3ccccc3O2)Oc2ccccc2O1. The minimum absolute atomic E-state index is 0.243. The van der Waals surface area contributed by atoms with Crippen LogP contribution in [0.4, 0.5) is 0 Å². The van der Waals surface area contributed by atoms with E-state index >= 15 is 0 Å². The van der Waals surface area contributed by atoms with Crippen molar-refractivity contribution in [1.29, 1.82) is 0 Å². The highest BCUT2D eigenvalue weighted by atomic mass is 17.0. The van der Waals surface area contributed by atoms with Crippen molar-refractivity contribution < 1.29 is 28.4 Å². The zero-order valence-electron chi connectivity index (χ0n) is 15.2. The van der Waals surface area contributed by atoms with Crippen molar-refractivity contribution in [2.75, 3.05) is 0 Å². The Kier molecular flexibility index (Phi) is 3.97. The van der Waals surface area contributed by atoms with Crippen LogP contribution in [-0.2, 0) is 9.47 Å². The quantitative estimate of drug-likeness (QED) is 0.802. The van der Waals surface area contributed by atoms with Crippen molar-refractivity contribution in [2.24, 2.45) is 0 Å². The molecule has 2 heterocycles. The van der Waals surface area contributed by atoms with Crippen molar-refractivity contribution in [3.8, 4) is 23.0 Å². The van der Waals surface area contributed by atoms with E-state index in [4.69, 9.17) is 28.4 Å². The molecule has 4 rings (SSSR count). The van der Waals surface area contributed by atoms with Crippen molar-refractivity contribution in [1.82, 2.24) is 0 Å². The first-order chi connectivity index (χ1) is 12.4. The lowest BCUT2D eigenvalue weighted by molar-refractivity contribution is -0.483. The van der Waals surface area contributed by atoms with Crippen LogP contribution in [0.1, 0.15) is 27.7 Å².